The van der Waals surface area contributed by atoms with Gasteiger partial charge in [-0.3, -0.25) is 24.0 Å². The normalized spacial score (nSPS) is 16.3. The van der Waals surface area contributed by atoms with Gasteiger partial charge in [0.1, 0.15) is 0 Å². The third-order valence-electron chi connectivity index (χ3n) is 4.20. The first-order chi connectivity index (χ1) is 13.0. The van der Waals surface area contributed by atoms with Crippen LogP contribution in [0.3, 0.4) is 0 Å². The van der Waals surface area contributed by atoms with Gasteiger partial charge in [-0.25, -0.2) is 4.79 Å². The minimum atomic E-state index is -0.653. The van der Waals surface area contributed by atoms with E-state index in [2.05, 4.69) is 0 Å². The van der Waals surface area contributed by atoms with Crippen LogP contribution in [0.1, 0.15) is 59.2 Å². The first kappa shape index (κ1) is 18.7. The minimum Gasteiger partial charge on any atom is -0.330 e. The number of carbonyl (C=O) groups is 5. The lowest BCUT2D eigenvalue weighted by atomic mass is 10.1. The van der Waals surface area contributed by atoms with Gasteiger partial charge in [0.05, 0.1) is 17.7 Å². The highest BCUT2D eigenvalue weighted by molar-refractivity contribution is 6.20. The standard InChI is InChI=1S/C18H18N2O7/c21-14-9-10-15(22)19(14)27-16(23)8-2-1-5-11-26-20-17(24)12-6-3-4-7-13(12)18(20)25/h3-4,6-7H,1-2,5,8-11H2. The molecule has 0 spiro atoms. The van der Waals surface area contributed by atoms with Crippen molar-refractivity contribution in [3.63, 3.8) is 0 Å². The van der Waals surface area contributed by atoms with Crippen molar-refractivity contribution >= 4 is 29.6 Å². The molecular weight excluding hydrogens is 356 g/mol. The van der Waals surface area contributed by atoms with Crippen LogP contribution in [0.2, 0.25) is 0 Å². The third kappa shape index (κ3) is 4.03. The van der Waals surface area contributed by atoms with Crippen molar-refractivity contribution in [1.82, 2.24) is 10.1 Å². The maximum Gasteiger partial charge on any atom is 0.333 e. The second kappa shape index (κ2) is 8.09. The van der Waals surface area contributed by atoms with Crippen LogP contribution in [0.4, 0.5) is 0 Å². The van der Waals surface area contributed by atoms with Crippen molar-refractivity contribution in [2.24, 2.45) is 0 Å². The Hall–Kier alpha value is -3.07. The molecule has 142 valence electrons. The van der Waals surface area contributed by atoms with Crippen molar-refractivity contribution in [3.8, 4) is 0 Å². The largest absolute Gasteiger partial charge is 0.333 e. The Morgan fingerprint density at radius 1 is 0.852 bits per heavy atom. The lowest BCUT2D eigenvalue weighted by Gasteiger charge is -2.13. The molecule has 2 heterocycles. The number of hydroxylamine groups is 4. The number of unbranched alkanes of at least 4 members (excludes halogenated alkanes) is 2. The van der Waals surface area contributed by atoms with E-state index in [1.165, 1.54) is 0 Å². The van der Waals surface area contributed by atoms with Crippen LogP contribution >= 0.6 is 0 Å². The molecule has 2 aliphatic heterocycles. The van der Waals surface area contributed by atoms with Crippen LogP contribution in [-0.4, -0.2) is 46.3 Å². The average molecular weight is 374 g/mol. The fourth-order valence-electron chi connectivity index (χ4n) is 2.79. The van der Waals surface area contributed by atoms with Gasteiger partial charge in [0.15, 0.2) is 0 Å². The Morgan fingerprint density at radius 2 is 1.44 bits per heavy atom. The number of carbonyl (C=O) groups excluding carboxylic acids is 5. The second-order valence-electron chi connectivity index (χ2n) is 6.14. The molecule has 9 nitrogen and oxygen atoms in total. The van der Waals surface area contributed by atoms with Gasteiger partial charge in [-0.2, -0.15) is 0 Å². The van der Waals surface area contributed by atoms with Crippen molar-refractivity contribution < 1.29 is 33.6 Å². The second-order valence-corrected chi connectivity index (χ2v) is 6.14. The summed E-state index contributed by atoms with van der Waals surface area (Å²) in [5.74, 6) is -2.65. The molecule has 0 atom stereocenters. The number of benzene rings is 1. The van der Waals surface area contributed by atoms with Gasteiger partial charge >= 0.3 is 5.97 Å². The fourth-order valence-corrected chi connectivity index (χ4v) is 2.79. The minimum absolute atomic E-state index is 0.0457. The Labute approximate surface area is 154 Å². The maximum atomic E-state index is 12.1. The van der Waals surface area contributed by atoms with Gasteiger partial charge in [-0.15, -0.1) is 10.1 Å². The Morgan fingerprint density at radius 3 is 2.04 bits per heavy atom. The molecule has 0 N–H and O–H groups in total. The topological polar surface area (TPSA) is 110 Å². The number of hydrogen-bond donors (Lipinski definition) is 0. The van der Waals surface area contributed by atoms with E-state index < -0.39 is 29.6 Å². The van der Waals surface area contributed by atoms with Gasteiger partial charge in [-0.05, 0) is 25.0 Å². The summed E-state index contributed by atoms with van der Waals surface area (Å²) in [6.07, 6.45) is 1.72. The zero-order valence-corrected chi connectivity index (χ0v) is 14.5. The fraction of sp³-hybridized carbons (Fsp3) is 0.389. The van der Waals surface area contributed by atoms with Crippen molar-refractivity contribution in [3.05, 3.63) is 35.4 Å². The predicted molar refractivity (Wildman–Crippen MR) is 88.5 cm³/mol. The Bertz CT molecular complexity index is 754. The molecule has 3 rings (SSSR count). The monoisotopic (exact) mass is 374 g/mol. The van der Waals surface area contributed by atoms with E-state index in [4.69, 9.17) is 9.68 Å². The number of nitrogens with zero attached hydrogens (tertiary/aromatic N) is 2. The molecule has 1 saturated heterocycles. The Balaban J connectivity index is 1.33. The summed E-state index contributed by atoms with van der Waals surface area (Å²) in [6, 6.07) is 6.49. The molecule has 0 bridgehead atoms. The number of fused-ring (bicyclic) bond motifs is 1. The molecule has 0 radical (unpaired) electrons. The molecule has 0 saturated carbocycles. The Kier molecular flexibility index (Phi) is 5.60. The molecule has 4 amide bonds. The third-order valence-corrected chi connectivity index (χ3v) is 4.20. The van der Waals surface area contributed by atoms with Gasteiger partial charge in [0.25, 0.3) is 23.6 Å². The van der Waals surface area contributed by atoms with Crippen LogP contribution in [-0.2, 0) is 24.1 Å². The number of amides is 4. The van der Waals surface area contributed by atoms with Crippen LogP contribution in [0.15, 0.2) is 24.3 Å². The van der Waals surface area contributed by atoms with Gasteiger partial charge < -0.3 is 4.84 Å². The van der Waals surface area contributed by atoms with E-state index in [1.54, 1.807) is 24.3 Å². The summed E-state index contributed by atoms with van der Waals surface area (Å²) in [7, 11) is 0. The molecule has 0 aromatic heterocycles. The number of imide groups is 2. The highest BCUT2D eigenvalue weighted by Crippen LogP contribution is 2.22. The highest BCUT2D eigenvalue weighted by atomic mass is 16.7. The van der Waals surface area contributed by atoms with E-state index in [0.29, 0.717) is 35.5 Å². The summed E-state index contributed by atoms with van der Waals surface area (Å²) >= 11 is 0. The van der Waals surface area contributed by atoms with Crippen molar-refractivity contribution in [1.29, 1.82) is 0 Å². The van der Waals surface area contributed by atoms with Crippen molar-refractivity contribution in [2.75, 3.05) is 6.61 Å². The summed E-state index contributed by atoms with van der Waals surface area (Å²) in [4.78, 5) is 68.6. The number of hydrogen-bond acceptors (Lipinski definition) is 7. The highest BCUT2D eigenvalue weighted by Gasteiger charge is 2.36. The molecule has 1 aromatic rings. The first-order valence-corrected chi connectivity index (χ1v) is 8.66. The van der Waals surface area contributed by atoms with Gasteiger partial charge in [-0.1, -0.05) is 18.6 Å². The molecule has 1 fully saturated rings. The van der Waals surface area contributed by atoms with Gasteiger partial charge in [0.2, 0.25) is 0 Å². The summed E-state index contributed by atoms with van der Waals surface area (Å²) < 4.78 is 0. The molecule has 0 unspecified atom stereocenters. The first-order valence-electron chi connectivity index (χ1n) is 8.66. The van der Waals surface area contributed by atoms with E-state index in [9.17, 15) is 24.0 Å². The molecular formula is C18H18N2O7. The molecule has 27 heavy (non-hydrogen) atoms. The van der Waals surface area contributed by atoms with E-state index in [1.807, 2.05) is 0 Å². The molecule has 9 heteroatoms. The predicted octanol–water partition coefficient (Wildman–Crippen LogP) is 1.38. The smallest absolute Gasteiger partial charge is 0.330 e. The summed E-state index contributed by atoms with van der Waals surface area (Å²) in [6.45, 7) is 0.142. The maximum absolute atomic E-state index is 12.1. The van der Waals surface area contributed by atoms with E-state index in [-0.39, 0.29) is 25.9 Å². The zero-order valence-electron chi connectivity index (χ0n) is 14.5. The van der Waals surface area contributed by atoms with E-state index >= 15 is 0 Å². The SMILES string of the molecule is O=C(CCCCCON1C(=O)c2ccccc2C1=O)ON1C(=O)CCC1=O. The van der Waals surface area contributed by atoms with E-state index in [0.717, 1.165) is 5.06 Å². The van der Waals surface area contributed by atoms with Gasteiger partial charge in [0, 0.05) is 19.3 Å². The van der Waals surface area contributed by atoms with Crippen LogP contribution in [0.5, 0.6) is 0 Å². The van der Waals surface area contributed by atoms with Crippen LogP contribution < -0.4 is 0 Å². The van der Waals surface area contributed by atoms with Crippen LogP contribution in [0.25, 0.3) is 0 Å². The molecule has 0 aliphatic carbocycles. The summed E-state index contributed by atoms with van der Waals surface area (Å²) in [5.41, 5.74) is 0.632. The van der Waals surface area contributed by atoms with Crippen LogP contribution in [0, 0.1) is 0 Å². The quantitative estimate of drug-likeness (QED) is 0.499. The van der Waals surface area contributed by atoms with Crippen molar-refractivity contribution in [2.45, 2.75) is 38.5 Å². The zero-order chi connectivity index (χ0) is 19.4. The lowest BCUT2D eigenvalue weighted by Crippen LogP contribution is -2.32. The number of rotatable bonds is 8. The molecule has 2 aliphatic rings. The lowest BCUT2D eigenvalue weighted by molar-refractivity contribution is -0.197. The molecule has 1 aromatic carbocycles. The average Bonchev–Trinajstić information content (AvgIpc) is 3.10. The summed E-state index contributed by atoms with van der Waals surface area (Å²) in [5, 5.41) is 1.28.